The van der Waals surface area contributed by atoms with Crippen molar-refractivity contribution in [3.05, 3.63) is 0 Å². The van der Waals surface area contributed by atoms with Crippen molar-refractivity contribution in [3.8, 4) is 12.3 Å². The van der Waals surface area contributed by atoms with Gasteiger partial charge < -0.3 is 15.7 Å². The van der Waals surface area contributed by atoms with Crippen LogP contribution in [0.2, 0.25) is 0 Å². The Kier molecular flexibility index (Phi) is 3.61. The van der Waals surface area contributed by atoms with Gasteiger partial charge in [-0.2, -0.15) is 0 Å². The van der Waals surface area contributed by atoms with E-state index >= 15 is 0 Å². The molecule has 18 heavy (non-hydrogen) atoms. The summed E-state index contributed by atoms with van der Waals surface area (Å²) < 4.78 is 0. The monoisotopic (exact) mass is 252 g/mol. The summed E-state index contributed by atoms with van der Waals surface area (Å²) in [5, 5.41) is 14.0. The van der Waals surface area contributed by atoms with Crippen LogP contribution in [-0.2, 0) is 4.79 Å². The zero-order valence-electron chi connectivity index (χ0n) is 11.2. The van der Waals surface area contributed by atoms with Crippen LogP contribution in [0.3, 0.4) is 0 Å². The largest absolute Gasteiger partial charge is 0.480 e. The van der Waals surface area contributed by atoms with Crippen molar-refractivity contribution in [2.75, 3.05) is 0 Å². The molecule has 5 nitrogen and oxygen atoms in total. The van der Waals surface area contributed by atoms with Gasteiger partial charge in [-0.3, -0.25) is 0 Å². The van der Waals surface area contributed by atoms with Crippen LogP contribution in [0.4, 0.5) is 4.79 Å². The molecule has 5 heteroatoms. The van der Waals surface area contributed by atoms with Crippen molar-refractivity contribution in [2.45, 2.75) is 46.2 Å². The van der Waals surface area contributed by atoms with Gasteiger partial charge in [0.1, 0.15) is 6.04 Å². The number of amides is 2. The summed E-state index contributed by atoms with van der Waals surface area (Å²) in [6.07, 6.45) is 5.03. The predicted molar refractivity (Wildman–Crippen MR) is 67.9 cm³/mol. The summed E-state index contributed by atoms with van der Waals surface area (Å²) in [5.74, 6) is 1.11. The Bertz CT molecular complexity index is 393. The molecule has 1 atom stereocenters. The molecule has 2 amide bonds. The lowest BCUT2D eigenvalue weighted by Gasteiger charge is -2.13. The normalized spacial score (nSPS) is 21.5. The van der Waals surface area contributed by atoms with Gasteiger partial charge in [-0.05, 0) is 10.8 Å². The number of aliphatic carboxylic acids is 1. The molecule has 1 fully saturated rings. The van der Waals surface area contributed by atoms with Crippen molar-refractivity contribution in [2.24, 2.45) is 10.8 Å². The molecule has 0 aromatic rings. The first kappa shape index (κ1) is 14.4. The van der Waals surface area contributed by atoms with E-state index in [1.165, 1.54) is 0 Å². The third-order valence-corrected chi connectivity index (χ3v) is 4.22. The van der Waals surface area contributed by atoms with Crippen LogP contribution in [0.25, 0.3) is 0 Å². The number of urea groups is 1. The van der Waals surface area contributed by atoms with Gasteiger partial charge in [0.2, 0.25) is 0 Å². The molecule has 1 aliphatic carbocycles. The minimum Gasteiger partial charge on any atom is -0.480 e. The Balaban J connectivity index is 2.54. The highest BCUT2D eigenvalue weighted by atomic mass is 16.4. The van der Waals surface area contributed by atoms with Crippen molar-refractivity contribution in [3.63, 3.8) is 0 Å². The molecular weight excluding hydrogens is 232 g/mol. The number of rotatable bonds is 4. The molecule has 1 rings (SSSR count). The van der Waals surface area contributed by atoms with Gasteiger partial charge in [0.05, 0.1) is 0 Å². The first-order chi connectivity index (χ1) is 8.14. The molecule has 0 spiro atoms. The van der Waals surface area contributed by atoms with E-state index in [0.717, 1.165) is 0 Å². The van der Waals surface area contributed by atoms with E-state index in [-0.39, 0.29) is 23.3 Å². The highest BCUT2D eigenvalue weighted by Crippen LogP contribution is 2.62. The summed E-state index contributed by atoms with van der Waals surface area (Å²) in [6.45, 7) is 8.25. The molecule has 1 unspecified atom stereocenters. The standard InChI is InChI=1S/C13H20N2O3/c1-6-7-8(9(16)17)14-11(18)15-10-12(2,3)13(10,4)5/h1,8,10H,7H2,2-5H3,(H,16,17)(H2,14,15,18). The topological polar surface area (TPSA) is 78.4 Å². The van der Waals surface area contributed by atoms with Gasteiger partial charge in [0.15, 0.2) is 0 Å². The van der Waals surface area contributed by atoms with Crippen molar-refractivity contribution < 1.29 is 14.7 Å². The van der Waals surface area contributed by atoms with E-state index in [4.69, 9.17) is 11.5 Å². The second-order valence-electron chi connectivity index (χ2n) is 5.79. The third-order valence-electron chi connectivity index (χ3n) is 4.22. The second-order valence-corrected chi connectivity index (χ2v) is 5.79. The number of terminal acetylenes is 1. The van der Waals surface area contributed by atoms with E-state index in [1.807, 2.05) is 0 Å². The first-order valence-electron chi connectivity index (χ1n) is 5.88. The molecule has 0 bridgehead atoms. The summed E-state index contributed by atoms with van der Waals surface area (Å²) >= 11 is 0. The third kappa shape index (κ3) is 2.42. The summed E-state index contributed by atoms with van der Waals surface area (Å²) in [4.78, 5) is 22.5. The average molecular weight is 252 g/mol. The fourth-order valence-electron chi connectivity index (χ4n) is 2.21. The van der Waals surface area contributed by atoms with Gasteiger partial charge in [-0.25, -0.2) is 9.59 Å². The van der Waals surface area contributed by atoms with E-state index in [2.05, 4.69) is 44.2 Å². The summed E-state index contributed by atoms with van der Waals surface area (Å²) in [7, 11) is 0. The Hall–Kier alpha value is -1.70. The van der Waals surface area contributed by atoms with Crippen LogP contribution in [-0.4, -0.2) is 29.2 Å². The van der Waals surface area contributed by atoms with Crippen LogP contribution in [0.5, 0.6) is 0 Å². The van der Waals surface area contributed by atoms with Crippen molar-refractivity contribution >= 4 is 12.0 Å². The molecule has 0 aliphatic heterocycles. The maximum Gasteiger partial charge on any atom is 0.327 e. The first-order valence-corrected chi connectivity index (χ1v) is 5.88. The average Bonchev–Trinajstić information content (AvgIpc) is 2.60. The molecule has 1 saturated carbocycles. The molecule has 0 heterocycles. The van der Waals surface area contributed by atoms with Gasteiger partial charge in [-0.15, -0.1) is 12.3 Å². The van der Waals surface area contributed by atoms with Gasteiger partial charge in [0, 0.05) is 12.5 Å². The van der Waals surface area contributed by atoms with Crippen LogP contribution in [0, 0.1) is 23.2 Å². The fraction of sp³-hybridized carbons (Fsp3) is 0.692. The van der Waals surface area contributed by atoms with E-state index < -0.39 is 18.0 Å². The Labute approximate surface area is 107 Å². The zero-order chi connectivity index (χ0) is 14.1. The van der Waals surface area contributed by atoms with Crippen LogP contribution >= 0.6 is 0 Å². The number of hydrogen-bond donors (Lipinski definition) is 3. The van der Waals surface area contributed by atoms with Crippen LogP contribution in [0.15, 0.2) is 0 Å². The Morgan fingerprint density at radius 1 is 1.33 bits per heavy atom. The SMILES string of the molecule is C#CCC(NC(=O)NC1C(C)(C)C1(C)C)C(=O)O. The molecule has 0 aromatic carbocycles. The summed E-state index contributed by atoms with van der Waals surface area (Å²) in [5.41, 5.74) is 0.0182. The van der Waals surface area contributed by atoms with Gasteiger partial charge in [0.25, 0.3) is 0 Å². The van der Waals surface area contributed by atoms with E-state index in [1.54, 1.807) is 0 Å². The van der Waals surface area contributed by atoms with Gasteiger partial charge in [-0.1, -0.05) is 27.7 Å². The molecule has 0 aromatic heterocycles. The molecule has 100 valence electrons. The Morgan fingerprint density at radius 3 is 2.17 bits per heavy atom. The summed E-state index contributed by atoms with van der Waals surface area (Å²) in [6, 6.07) is -1.49. The number of carboxylic acids is 1. The number of nitrogens with one attached hydrogen (secondary N) is 2. The highest BCUT2D eigenvalue weighted by molar-refractivity contribution is 5.83. The van der Waals surface area contributed by atoms with E-state index in [9.17, 15) is 9.59 Å². The lowest BCUT2D eigenvalue weighted by Crippen LogP contribution is -2.47. The lowest BCUT2D eigenvalue weighted by molar-refractivity contribution is -0.139. The molecular formula is C13H20N2O3. The smallest absolute Gasteiger partial charge is 0.327 e. The van der Waals surface area contributed by atoms with E-state index in [0.29, 0.717) is 0 Å². The molecule has 0 saturated heterocycles. The number of carbonyl (C=O) groups is 2. The van der Waals surface area contributed by atoms with Crippen LogP contribution < -0.4 is 10.6 Å². The lowest BCUT2D eigenvalue weighted by atomic mass is 10.0. The van der Waals surface area contributed by atoms with Crippen LogP contribution in [0.1, 0.15) is 34.1 Å². The maximum atomic E-state index is 11.7. The minimum absolute atomic E-state index is 0.00910. The second kappa shape index (κ2) is 4.52. The highest BCUT2D eigenvalue weighted by Gasteiger charge is 2.65. The maximum absolute atomic E-state index is 11.7. The quantitative estimate of drug-likeness (QED) is 0.658. The minimum atomic E-state index is -1.13. The van der Waals surface area contributed by atoms with Crippen molar-refractivity contribution in [1.82, 2.24) is 10.6 Å². The fourth-order valence-corrected chi connectivity index (χ4v) is 2.21. The zero-order valence-corrected chi connectivity index (χ0v) is 11.2. The number of carbonyl (C=O) groups excluding carboxylic acids is 1. The molecule has 1 aliphatic rings. The number of hydrogen-bond acceptors (Lipinski definition) is 2. The Morgan fingerprint density at radius 2 is 1.83 bits per heavy atom. The predicted octanol–water partition coefficient (Wildman–Crippen LogP) is 1.20. The number of carboxylic acid groups (broad SMARTS) is 1. The van der Waals surface area contributed by atoms with Crippen molar-refractivity contribution in [1.29, 1.82) is 0 Å². The molecule has 3 N–H and O–H groups in total. The molecule has 0 radical (unpaired) electrons. The van der Waals surface area contributed by atoms with Gasteiger partial charge >= 0.3 is 12.0 Å².